The lowest BCUT2D eigenvalue weighted by Crippen LogP contribution is -2.24. The standard InChI is InChI=1S/C25H29N5O3S/c1-4-17-10-8-11-18(5-2)22(17)26-21(31)16-34-25-28-27-24-29(14-9-15-33-3)23(32)19-12-6-7-13-20(19)30(24)25/h6-8,10-13H,4-5,9,14-16H2,1-3H3,(H,26,31). The number of fused-ring (bicyclic) bond motifs is 3. The maximum atomic E-state index is 13.1. The third-order valence-electron chi connectivity index (χ3n) is 5.80. The van der Waals surface area contributed by atoms with Crippen LogP contribution in [0, 0.1) is 0 Å². The van der Waals surface area contributed by atoms with Gasteiger partial charge in [-0.05, 0) is 42.5 Å². The van der Waals surface area contributed by atoms with Gasteiger partial charge in [0.2, 0.25) is 11.7 Å². The van der Waals surface area contributed by atoms with Crippen LogP contribution in [0.4, 0.5) is 5.69 Å². The first-order chi connectivity index (χ1) is 16.6. The minimum Gasteiger partial charge on any atom is -0.385 e. The van der Waals surface area contributed by atoms with Gasteiger partial charge in [0.15, 0.2) is 5.16 Å². The van der Waals surface area contributed by atoms with Crippen molar-refractivity contribution in [3.8, 4) is 0 Å². The third kappa shape index (κ3) is 4.71. The van der Waals surface area contributed by atoms with Gasteiger partial charge in [-0.2, -0.15) is 0 Å². The molecule has 8 nitrogen and oxygen atoms in total. The number of para-hydroxylation sites is 2. The fraction of sp³-hybridized carbons (Fsp3) is 0.360. The summed E-state index contributed by atoms with van der Waals surface area (Å²) in [5, 5.41) is 12.9. The molecule has 0 atom stereocenters. The van der Waals surface area contributed by atoms with E-state index < -0.39 is 0 Å². The summed E-state index contributed by atoms with van der Waals surface area (Å²) in [5.74, 6) is 0.543. The summed E-state index contributed by atoms with van der Waals surface area (Å²) in [6, 6.07) is 13.5. The number of nitrogens with one attached hydrogen (secondary N) is 1. The predicted molar refractivity (Wildman–Crippen MR) is 136 cm³/mol. The zero-order chi connectivity index (χ0) is 24.1. The number of carbonyl (C=O) groups excluding carboxylic acids is 1. The van der Waals surface area contributed by atoms with Gasteiger partial charge in [-0.1, -0.05) is 55.9 Å². The molecule has 34 heavy (non-hydrogen) atoms. The van der Waals surface area contributed by atoms with Crippen LogP contribution in [-0.4, -0.2) is 44.5 Å². The number of hydrogen-bond donors (Lipinski definition) is 1. The highest BCUT2D eigenvalue weighted by molar-refractivity contribution is 7.99. The number of carbonyl (C=O) groups is 1. The average molecular weight is 480 g/mol. The molecule has 0 saturated carbocycles. The SMILES string of the molecule is CCc1cccc(CC)c1NC(=O)CSc1nnc2n(CCCOC)c(=O)c3ccccc3n12. The van der Waals surface area contributed by atoms with Crippen LogP contribution in [0.15, 0.2) is 52.4 Å². The lowest BCUT2D eigenvalue weighted by molar-refractivity contribution is -0.113. The molecule has 0 saturated heterocycles. The number of aromatic nitrogens is 4. The van der Waals surface area contributed by atoms with Crippen molar-refractivity contribution in [3.63, 3.8) is 0 Å². The van der Waals surface area contributed by atoms with E-state index in [1.807, 2.05) is 40.8 Å². The van der Waals surface area contributed by atoms with E-state index in [1.165, 1.54) is 11.8 Å². The summed E-state index contributed by atoms with van der Waals surface area (Å²) in [5.41, 5.74) is 3.77. The number of ether oxygens (including phenoxy) is 1. The molecule has 0 aliphatic rings. The van der Waals surface area contributed by atoms with Gasteiger partial charge in [0.1, 0.15) is 0 Å². The lowest BCUT2D eigenvalue weighted by atomic mass is 10.0. The van der Waals surface area contributed by atoms with E-state index in [0.29, 0.717) is 35.9 Å². The highest BCUT2D eigenvalue weighted by Crippen LogP contribution is 2.25. The highest BCUT2D eigenvalue weighted by atomic mass is 32.2. The molecule has 0 fully saturated rings. The van der Waals surface area contributed by atoms with Gasteiger partial charge in [0, 0.05) is 25.9 Å². The first kappa shape index (κ1) is 24.0. The Labute approximate surface area is 202 Å². The summed E-state index contributed by atoms with van der Waals surface area (Å²) < 4.78 is 8.64. The van der Waals surface area contributed by atoms with Crippen molar-refractivity contribution in [2.24, 2.45) is 0 Å². The second-order valence-corrected chi connectivity index (χ2v) is 8.88. The average Bonchev–Trinajstić information content (AvgIpc) is 3.29. The number of aryl methyl sites for hydroxylation is 3. The maximum absolute atomic E-state index is 13.1. The molecule has 0 aliphatic carbocycles. The largest absolute Gasteiger partial charge is 0.385 e. The number of nitrogens with zero attached hydrogens (tertiary/aromatic N) is 4. The molecule has 1 amide bonds. The van der Waals surface area contributed by atoms with Crippen LogP contribution in [0.5, 0.6) is 0 Å². The maximum Gasteiger partial charge on any atom is 0.262 e. The second kappa shape index (κ2) is 10.8. The monoisotopic (exact) mass is 479 g/mol. The van der Waals surface area contributed by atoms with E-state index in [1.54, 1.807) is 17.7 Å². The molecule has 2 aromatic heterocycles. The van der Waals surface area contributed by atoms with Crippen molar-refractivity contribution >= 4 is 40.0 Å². The van der Waals surface area contributed by atoms with Crippen LogP contribution < -0.4 is 10.9 Å². The molecular weight excluding hydrogens is 450 g/mol. The molecule has 2 heterocycles. The van der Waals surface area contributed by atoms with Gasteiger partial charge >= 0.3 is 0 Å². The number of thioether (sulfide) groups is 1. The minimum atomic E-state index is -0.107. The van der Waals surface area contributed by atoms with Gasteiger partial charge in [0.25, 0.3) is 5.56 Å². The Hall–Kier alpha value is -3.17. The zero-order valence-electron chi connectivity index (χ0n) is 19.7. The van der Waals surface area contributed by atoms with E-state index in [-0.39, 0.29) is 17.2 Å². The Bertz CT molecular complexity index is 1360. The lowest BCUT2D eigenvalue weighted by Gasteiger charge is -2.14. The van der Waals surface area contributed by atoms with Crippen LogP contribution in [0.2, 0.25) is 0 Å². The van der Waals surface area contributed by atoms with Gasteiger partial charge in [0.05, 0.1) is 16.7 Å². The van der Waals surface area contributed by atoms with Crippen molar-refractivity contribution in [2.45, 2.75) is 44.8 Å². The van der Waals surface area contributed by atoms with Crippen LogP contribution >= 0.6 is 11.8 Å². The first-order valence-corrected chi connectivity index (χ1v) is 12.5. The van der Waals surface area contributed by atoms with Gasteiger partial charge in [-0.25, -0.2) is 0 Å². The smallest absolute Gasteiger partial charge is 0.262 e. The number of anilines is 1. The quantitative estimate of drug-likeness (QED) is 0.274. The third-order valence-corrected chi connectivity index (χ3v) is 6.73. The van der Waals surface area contributed by atoms with Gasteiger partial charge in [-0.3, -0.25) is 18.6 Å². The van der Waals surface area contributed by atoms with Crippen LogP contribution in [0.1, 0.15) is 31.4 Å². The summed E-state index contributed by atoms with van der Waals surface area (Å²) in [6.45, 7) is 5.18. The van der Waals surface area contributed by atoms with E-state index in [9.17, 15) is 9.59 Å². The molecule has 4 rings (SSSR count). The second-order valence-electron chi connectivity index (χ2n) is 7.93. The van der Waals surface area contributed by atoms with Crippen LogP contribution in [0.3, 0.4) is 0 Å². The topological polar surface area (TPSA) is 90.5 Å². The number of rotatable bonds is 10. The summed E-state index contributed by atoms with van der Waals surface area (Å²) >= 11 is 1.31. The molecule has 9 heteroatoms. The highest BCUT2D eigenvalue weighted by Gasteiger charge is 2.18. The van der Waals surface area contributed by atoms with Crippen molar-refractivity contribution in [1.82, 2.24) is 19.2 Å². The van der Waals surface area contributed by atoms with Crippen LogP contribution in [-0.2, 0) is 28.9 Å². The number of amides is 1. The number of methoxy groups -OCH3 is 1. The zero-order valence-corrected chi connectivity index (χ0v) is 20.5. The molecule has 0 bridgehead atoms. The molecule has 2 aromatic carbocycles. The Balaban J connectivity index is 1.64. The molecular formula is C25H29N5O3S. The van der Waals surface area contributed by atoms with E-state index in [0.717, 1.165) is 35.2 Å². The fourth-order valence-corrected chi connectivity index (χ4v) is 4.84. The summed E-state index contributed by atoms with van der Waals surface area (Å²) in [7, 11) is 1.64. The molecule has 1 N–H and O–H groups in total. The Kier molecular flexibility index (Phi) is 7.64. The number of hydrogen-bond acceptors (Lipinski definition) is 6. The normalized spacial score (nSPS) is 11.4. The molecule has 178 valence electrons. The Morgan fingerprint density at radius 2 is 1.79 bits per heavy atom. The molecule has 0 aliphatic heterocycles. The molecule has 0 radical (unpaired) electrons. The van der Waals surface area contributed by atoms with Crippen molar-refractivity contribution in [3.05, 3.63) is 63.9 Å². The first-order valence-electron chi connectivity index (χ1n) is 11.5. The molecule has 4 aromatic rings. The van der Waals surface area contributed by atoms with E-state index >= 15 is 0 Å². The van der Waals surface area contributed by atoms with Crippen LogP contribution in [0.25, 0.3) is 16.7 Å². The molecule has 0 unspecified atom stereocenters. The Morgan fingerprint density at radius 3 is 2.50 bits per heavy atom. The fourth-order valence-electron chi connectivity index (χ4n) is 4.10. The van der Waals surface area contributed by atoms with Gasteiger partial charge < -0.3 is 10.1 Å². The predicted octanol–water partition coefficient (Wildman–Crippen LogP) is 3.94. The van der Waals surface area contributed by atoms with Crippen molar-refractivity contribution in [2.75, 3.05) is 24.8 Å². The van der Waals surface area contributed by atoms with Crippen molar-refractivity contribution in [1.29, 1.82) is 0 Å². The van der Waals surface area contributed by atoms with Gasteiger partial charge in [-0.15, -0.1) is 10.2 Å². The minimum absolute atomic E-state index is 0.102. The van der Waals surface area contributed by atoms with E-state index in [4.69, 9.17) is 4.74 Å². The number of benzene rings is 2. The summed E-state index contributed by atoms with van der Waals surface area (Å²) in [4.78, 5) is 26.0. The van der Waals surface area contributed by atoms with E-state index in [2.05, 4.69) is 29.4 Å². The molecule has 0 spiro atoms. The van der Waals surface area contributed by atoms with Crippen molar-refractivity contribution < 1.29 is 9.53 Å². The summed E-state index contributed by atoms with van der Waals surface area (Å²) in [6.07, 6.45) is 2.37. The Morgan fingerprint density at radius 1 is 1.06 bits per heavy atom.